The molecule has 1 heterocycles. The smallest absolute Gasteiger partial charge is 0.321 e. The Kier molecular flexibility index (Phi) is 5.15. The molecule has 1 aliphatic heterocycles. The third-order valence-electron chi connectivity index (χ3n) is 4.18. The molecule has 2 rings (SSSR count). The minimum absolute atomic E-state index is 0.406. The number of nitrogens with zero attached hydrogens (tertiary/aromatic N) is 2. The van der Waals surface area contributed by atoms with Gasteiger partial charge in [-0.1, -0.05) is 31.2 Å². The van der Waals surface area contributed by atoms with Crippen molar-refractivity contribution >= 4 is 5.97 Å². The summed E-state index contributed by atoms with van der Waals surface area (Å²) in [5.41, 5.74) is 2.43. The molecule has 0 amide bonds. The van der Waals surface area contributed by atoms with E-state index in [1.165, 1.54) is 11.1 Å². The zero-order valence-electron chi connectivity index (χ0n) is 12.4. The molecule has 0 spiro atoms. The third kappa shape index (κ3) is 3.58. The van der Waals surface area contributed by atoms with Gasteiger partial charge >= 0.3 is 5.97 Å². The van der Waals surface area contributed by atoms with Gasteiger partial charge in [-0.2, -0.15) is 0 Å². The van der Waals surface area contributed by atoms with Crippen molar-refractivity contribution in [2.24, 2.45) is 0 Å². The number of aryl methyl sites for hydroxylation is 1. The van der Waals surface area contributed by atoms with Crippen molar-refractivity contribution in [1.29, 1.82) is 0 Å². The Morgan fingerprint density at radius 3 is 2.35 bits per heavy atom. The molecule has 1 aliphatic rings. The van der Waals surface area contributed by atoms with Gasteiger partial charge in [0.1, 0.15) is 6.04 Å². The van der Waals surface area contributed by atoms with Crippen molar-refractivity contribution in [3.8, 4) is 0 Å². The first kappa shape index (κ1) is 15.0. The quantitative estimate of drug-likeness (QED) is 0.885. The fourth-order valence-corrected chi connectivity index (χ4v) is 2.82. The Balaban J connectivity index is 2.11. The minimum Gasteiger partial charge on any atom is -0.480 e. The van der Waals surface area contributed by atoms with Gasteiger partial charge in [0.25, 0.3) is 0 Å². The Morgan fingerprint density at radius 1 is 1.20 bits per heavy atom. The summed E-state index contributed by atoms with van der Waals surface area (Å²) >= 11 is 0. The summed E-state index contributed by atoms with van der Waals surface area (Å²) in [6.45, 7) is 5.67. The van der Waals surface area contributed by atoms with Gasteiger partial charge in [0.05, 0.1) is 0 Å². The zero-order valence-corrected chi connectivity index (χ0v) is 12.4. The number of hydrogen-bond acceptors (Lipinski definition) is 3. The normalized spacial score (nSPS) is 18.9. The van der Waals surface area contributed by atoms with Crippen LogP contribution in [0.25, 0.3) is 0 Å². The van der Waals surface area contributed by atoms with Gasteiger partial charge in [0, 0.05) is 26.2 Å². The van der Waals surface area contributed by atoms with Crippen molar-refractivity contribution in [2.45, 2.75) is 25.8 Å². The first-order valence-electron chi connectivity index (χ1n) is 7.34. The topological polar surface area (TPSA) is 43.8 Å². The number of carboxylic acid groups (broad SMARTS) is 1. The predicted octanol–water partition coefficient (Wildman–Crippen LogP) is 1.49. The highest BCUT2D eigenvalue weighted by Crippen LogP contribution is 2.16. The number of carbonyl (C=O) groups is 1. The molecule has 1 atom stereocenters. The summed E-state index contributed by atoms with van der Waals surface area (Å²) in [5.74, 6) is -0.708. The zero-order chi connectivity index (χ0) is 14.5. The number of rotatable bonds is 5. The maximum absolute atomic E-state index is 11.6. The first-order chi connectivity index (χ1) is 9.61. The van der Waals surface area contributed by atoms with E-state index in [4.69, 9.17) is 0 Å². The Hall–Kier alpha value is -1.39. The lowest BCUT2D eigenvalue weighted by Crippen LogP contribution is -2.52. The highest BCUT2D eigenvalue weighted by Gasteiger charge is 2.28. The first-order valence-corrected chi connectivity index (χ1v) is 7.34. The summed E-state index contributed by atoms with van der Waals surface area (Å²) in [4.78, 5) is 16.0. The van der Waals surface area contributed by atoms with Gasteiger partial charge in [0.2, 0.25) is 0 Å². The molecule has 0 saturated carbocycles. The van der Waals surface area contributed by atoms with Crippen molar-refractivity contribution in [1.82, 2.24) is 9.80 Å². The number of benzene rings is 1. The molecule has 0 radical (unpaired) electrons. The van der Waals surface area contributed by atoms with Crippen LogP contribution in [0.2, 0.25) is 0 Å². The standard InChI is InChI=1S/C16H24N2O2/c1-3-13-6-4-5-7-14(13)12-15(16(19)20)18-10-8-17(2)9-11-18/h4-7,15H,3,8-12H2,1-2H3,(H,19,20). The van der Waals surface area contributed by atoms with Gasteiger partial charge in [-0.25, -0.2) is 0 Å². The largest absolute Gasteiger partial charge is 0.480 e. The number of aliphatic carboxylic acids is 1. The van der Waals surface area contributed by atoms with Crippen LogP contribution in [0.15, 0.2) is 24.3 Å². The van der Waals surface area contributed by atoms with Gasteiger partial charge in [-0.05, 0) is 31.0 Å². The van der Waals surface area contributed by atoms with E-state index in [9.17, 15) is 9.90 Å². The van der Waals surface area contributed by atoms with Crippen molar-refractivity contribution in [2.75, 3.05) is 33.2 Å². The fourth-order valence-electron chi connectivity index (χ4n) is 2.82. The Bertz CT molecular complexity index is 454. The van der Waals surface area contributed by atoms with E-state index in [-0.39, 0.29) is 0 Å². The summed E-state index contributed by atoms with van der Waals surface area (Å²) in [6, 6.07) is 7.77. The van der Waals surface area contributed by atoms with E-state index < -0.39 is 12.0 Å². The molecule has 1 fully saturated rings. The van der Waals surface area contributed by atoms with E-state index in [0.717, 1.165) is 32.6 Å². The van der Waals surface area contributed by atoms with Crippen molar-refractivity contribution in [3.05, 3.63) is 35.4 Å². The van der Waals surface area contributed by atoms with Gasteiger partial charge in [-0.3, -0.25) is 9.69 Å². The summed E-state index contributed by atoms with van der Waals surface area (Å²) < 4.78 is 0. The van der Waals surface area contributed by atoms with Crippen LogP contribution >= 0.6 is 0 Å². The summed E-state index contributed by atoms with van der Waals surface area (Å²) in [6.07, 6.45) is 1.55. The van der Waals surface area contributed by atoms with E-state index in [0.29, 0.717) is 6.42 Å². The van der Waals surface area contributed by atoms with Gasteiger partial charge < -0.3 is 10.0 Å². The molecule has 0 aromatic heterocycles. The molecule has 4 heteroatoms. The number of likely N-dealkylation sites (N-methyl/N-ethyl adjacent to an activating group) is 1. The minimum atomic E-state index is -0.708. The van der Waals surface area contributed by atoms with Crippen molar-refractivity contribution in [3.63, 3.8) is 0 Å². The molecule has 1 aromatic carbocycles. The average Bonchev–Trinajstić information content (AvgIpc) is 2.46. The second-order valence-electron chi connectivity index (χ2n) is 5.52. The molecule has 4 nitrogen and oxygen atoms in total. The Morgan fingerprint density at radius 2 is 1.80 bits per heavy atom. The lowest BCUT2D eigenvalue weighted by molar-refractivity contribution is -0.144. The monoisotopic (exact) mass is 276 g/mol. The molecule has 1 N–H and O–H groups in total. The summed E-state index contributed by atoms with van der Waals surface area (Å²) in [7, 11) is 2.08. The second-order valence-corrected chi connectivity index (χ2v) is 5.52. The number of carboxylic acids is 1. The molecule has 1 aromatic rings. The second kappa shape index (κ2) is 6.86. The van der Waals surface area contributed by atoms with Crippen LogP contribution in [0.4, 0.5) is 0 Å². The average molecular weight is 276 g/mol. The van der Waals surface area contributed by atoms with Crippen molar-refractivity contribution < 1.29 is 9.90 Å². The fraction of sp³-hybridized carbons (Fsp3) is 0.562. The molecule has 20 heavy (non-hydrogen) atoms. The lowest BCUT2D eigenvalue weighted by atomic mass is 9.97. The highest BCUT2D eigenvalue weighted by atomic mass is 16.4. The maximum atomic E-state index is 11.6. The van der Waals surface area contributed by atoms with E-state index in [1.54, 1.807) is 0 Å². The van der Waals surface area contributed by atoms with Gasteiger partial charge in [-0.15, -0.1) is 0 Å². The SMILES string of the molecule is CCc1ccccc1CC(C(=O)O)N1CCN(C)CC1. The highest BCUT2D eigenvalue weighted by molar-refractivity contribution is 5.74. The molecule has 110 valence electrons. The van der Waals surface area contributed by atoms with Crippen LogP contribution in [-0.4, -0.2) is 60.1 Å². The van der Waals surface area contributed by atoms with Crippen LogP contribution in [0.5, 0.6) is 0 Å². The number of hydrogen-bond donors (Lipinski definition) is 1. The molecule has 0 aliphatic carbocycles. The van der Waals surface area contributed by atoms with E-state index in [1.807, 2.05) is 12.1 Å². The number of piperazine rings is 1. The lowest BCUT2D eigenvalue weighted by Gasteiger charge is -2.36. The third-order valence-corrected chi connectivity index (χ3v) is 4.18. The van der Waals surface area contributed by atoms with Crippen LogP contribution in [0.1, 0.15) is 18.1 Å². The Labute approximate surface area is 121 Å². The molecule has 1 saturated heterocycles. The van der Waals surface area contributed by atoms with E-state index >= 15 is 0 Å². The summed E-state index contributed by atoms with van der Waals surface area (Å²) in [5, 5.41) is 9.56. The van der Waals surface area contributed by atoms with E-state index in [2.05, 4.69) is 35.9 Å². The molecular weight excluding hydrogens is 252 g/mol. The molecule has 1 unspecified atom stereocenters. The molecular formula is C16H24N2O2. The maximum Gasteiger partial charge on any atom is 0.321 e. The van der Waals surface area contributed by atoms with Gasteiger partial charge in [0.15, 0.2) is 0 Å². The van der Waals surface area contributed by atoms with Crippen LogP contribution < -0.4 is 0 Å². The van der Waals surface area contributed by atoms with Crippen LogP contribution in [0.3, 0.4) is 0 Å². The predicted molar refractivity (Wildman–Crippen MR) is 80.0 cm³/mol. The van der Waals surface area contributed by atoms with Crippen LogP contribution in [0, 0.1) is 0 Å². The van der Waals surface area contributed by atoms with Crippen LogP contribution in [-0.2, 0) is 17.6 Å². The molecule has 0 bridgehead atoms.